The number of nitrogens with one attached hydrogen (secondary N) is 1. The van der Waals surface area contributed by atoms with E-state index in [1.165, 1.54) is 18.2 Å². The number of anilines is 1. The summed E-state index contributed by atoms with van der Waals surface area (Å²) in [5, 5.41) is 2.73. The van der Waals surface area contributed by atoms with Crippen LogP contribution in [0.3, 0.4) is 0 Å². The minimum Gasteiger partial charge on any atom is -0.449 e. The highest BCUT2D eigenvalue weighted by Crippen LogP contribution is 2.31. The number of halogens is 3. The van der Waals surface area contributed by atoms with Crippen LogP contribution in [-0.2, 0) is 4.74 Å². The molecule has 2 aromatic rings. The summed E-state index contributed by atoms with van der Waals surface area (Å²) in [6, 6.07) is 3.79. The highest BCUT2D eigenvalue weighted by molar-refractivity contribution is 7.22. The van der Waals surface area contributed by atoms with Gasteiger partial charge in [-0.15, -0.1) is 13.2 Å². The number of benzene rings is 1. The van der Waals surface area contributed by atoms with E-state index in [2.05, 4.69) is 22.0 Å². The van der Waals surface area contributed by atoms with Crippen molar-refractivity contribution in [3.05, 3.63) is 18.2 Å². The number of rotatable bonds is 7. The number of alkyl halides is 3. The van der Waals surface area contributed by atoms with E-state index in [9.17, 15) is 18.0 Å². The molecule has 0 radical (unpaired) electrons. The van der Waals surface area contributed by atoms with Crippen molar-refractivity contribution in [2.75, 3.05) is 11.9 Å². The van der Waals surface area contributed by atoms with Gasteiger partial charge in [0.05, 0.1) is 16.8 Å². The zero-order valence-electron chi connectivity index (χ0n) is 13.0. The number of unbranched alkanes of at least 4 members (excludes halogenated alkanes) is 3. The molecule has 0 spiro atoms. The highest BCUT2D eigenvalue weighted by atomic mass is 32.1. The monoisotopic (exact) mass is 362 g/mol. The summed E-state index contributed by atoms with van der Waals surface area (Å²) >= 11 is 1.04. The third-order valence-electron chi connectivity index (χ3n) is 3.03. The van der Waals surface area contributed by atoms with Crippen molar-refractivity contribution in [1.82, 2.24) is 4.98 Å². The van der Waals surface area contributed by atoms with Crippen molar-refractivity contribution < 1.29 is 27.4 Å². The normalized spacial score (nSPS) is 11.5. The first kappa shape index (κ1) is 18.3. The zero-order chi connectivity index (χ0) is 17.6. The second-order valence-electron chi connectivity index (χ2n) is 5.02. The molecule has 0 aliphatic heterocycles. The van der Waals surface area contributed by atoms with E-state index in [1.54, 1.807) is 0 Å². The fourth-order valence-corrected chi connectivity index (χ4v) is 2.85. The molecular formula is C15H17F3N2O3S. The third-order valence-corrected chi connectivity index (χ3v) is 3.97. The van der Waals surface area contributed by atoms with Gasteiger partial charge in [-0.3, -0.25) is 5.32 Å². The highest BCUT2D eigenvalue weighted by Gasteiger charge is 2.31. The molecule has 0 unspecified atom stereocenters. The van der Waals surface area contributed by atoms with Gasteiger partial charge >= 0.3 is 12.5 Å². The number of hydrogen-bond acceptors (Lipinski definition) is 5. The average Bonchev–Trinajstić information content (AvgIpc) is 2.86. The average molecular weight is 362 g/mol. The van der Waals surface area contributed by atoms with Gasteiger partial charge < -0.3 is 9.47 Å². The van der Waals surface area contributed by atoms with Crippen LogP contribution < -0.4 is 10.1 Å². The van der Waals surface area contributed by atoms with E-state index < -0.39 is 12.5 Å². The summed E-state index contributed by atoms with van der Waals surface area (Å²) in [7, 11) is 0. The minimum atomic E-state index is -4.75. The Morgan fingerprint density at radius 3 is 2.79 bits per heavy atom. The molecule has 1 aromatic carbocycles. The fraction of sp³-hybridized carbons (Fsp3) is 0.467. The van der Waals surface area contributed by atoms with Crippen LogP contribution in [0.15, 0.2) is 18.2 Å². The molecule has 5 nitrogen and oxygen atoms in total. The summed E-state index contributed by atoms with van der Waals surface area (Å²) in [5.41, 5.74) is 0.466. The van der Waals surface area contributed by atoms with Gasteiger partial charge in [0.15, 0.2) is 5.13 Å². The van der Waals surface area contributed by atoms with Gasteiger partial charge in [0.2, 0.25) is 0 Å². The van der Waals surface area contributed by atoms with Crippen LogP contribution in [0.25, 0.3) is 10.2 Å². The van der Waals surface area contributed by atoms with Gasteiger partial charge in [-0.2, -0.15) is 0 Å². The molecule has 0 bridgehead atoms. The van der Waals surface area contributed by atoms with Crippen LogP contribution in [0.4, 0.5) is 23.1 Å². The maximum atomic E-state index is 12.2. The Labute approximate surface area is 140 Å². The van der Waals surface area contributed by atoms with Crippen molar-refractivity contribution in [1.29, 1.82) is 0 Å². The summed E-state index contributed by atoms with van der Waals surface area (Å²) in [6.45, 7) is 2.41. The van der Waals surface area contributed by atoms with Gasteiger partial charge in [0.1, 0.15) is 5.75 Å². The first-order valence-corrected chi connectivity index (χ1v) is 8.29. The number of fused-ring (bicyclic) bond motifs is 1. The first-order valence-electron chi connectivity index (χ1n) is 7.47. The lowest BCUT2D eigenvalue weighted by Crippen LogP contribution is -2.16. The molecule has 0 aliphatic rings. The molecule has 0 atom stereocenters. The van der Waals surface area contributed by atoms with Crippen LogP contribution in [0.2, 0.25) is 0 Å². The topological polar surface area (TPSA) is 60.5 Å². The quantitative estimate of drug-likeness (QED) is 0.677. The smallest absolute Gasteiger partial charge is 0.449 e. The minimum absolute atomic E-state index is 0.257. The van der Waals surface area contributed by atoms with Crippen LogP contribution in [0.5, 0.6) is 5.75 Å². The van der Waals surface area contributed by atoms with Gasteiger partial charge in [-0.05, 0) is 18.6 Å². The number of hydrogen-bond donors (Lipinski definition) is 1. The second kappa shape index (κ2) is 8.18. The van der Waals surface area contributed by atoms with Crippen LogP contribution in [0, 0.1) is 0 Å². The Morgan fingerprint density at radius 2 is 2.08 bits per heavy atom. The van der Waals surface area contributed by atoms with Gasteiger partial charge in [-0.1, -0.05) is 37.5 Å². The number of carbonyl (C=O) groups is 1. The maximum Gasteiger partial charge on any atom is 0.573 e. The van der Waals surface area contributed by atoms with E-state index in [-0.39, 0.29) is 10.9 Å². The molecule has 2 rings (SSSR count). The summed E-state index contributed by atoms with van der Waals surface area (Å²) in [4.78, 5) is 15.8. The SMILES string of the molecule is CCCCCCOC(=O)Nc1nc2ccc(OC(F)(F)F)cc2s1. The van der Waals surface area contributed by atoms with Crippen LogP contribution >= 0.6 is 11.3 Å². The van der Waals surface area contributed by atoms with Crippen molar-refractivity contribution in [2.24, 2.45) is 0 Å². The van der Waals surface area contributed by atoms with Gasteiger partial charge in [0, 0.05) is 6.07 Å². The van der Waals surface area contributed by atoms with E-state index in [4.69, 9.17) is 4.74 Å². The fourth-order valence-electron chi connectivity index (χ4n) is 1.97. The molecule has 0 aliphatic carbocycles. The molecule has 9 heteroatoms. The lowest BCUT2D eigenvalue weighted by Gasteiger charge is -2.07. The van der Waals surface area contributed by atoms with Crippen LogP contribution in [0.1, 0.15) is 32.6 Å². The lowest BCUT2D eigenvalue weighted by atomic mass is 10.2. The number of amides is 1. The number of thiazole rings is 1. The predicted octanol–water partition coefficient (Wildman–Crippen LogP) is 5.32. The maximum absolute atomic E-state index is 12.2. The Morgan fingerprint density at radius 1 is 1.29 bits per heavy atom. The Kier molecular flexibility index (Phi) is 6.24. The van der Waals surface area contributed by atoms with Crippen molar-refractivity contribution >= 4 is 32.8 Å². The standard InChI is InChI=1S/C15H17F3N2O3S/c1-2-3-4-5-8-22-14(21)20-13-19-11-7-6-10(9-12(11)24-13)23-15(16,17)18/h6-7,9H,2-5,8H2,1H3,(H,19,20,21). The predicted molar refractivity (Wildman–Crippen MR) is 85.4 cm³/mol. The van der Waals surface area contributed by atoms with Crippen LogP contribution in [-0.4, -0.2) is 24.0 Å². The van der Waals surface area contributed by atoms with E-state index in [0.717, 1.165) is 37.0 Å². The Balaban J connectivity index is 1.91. The molecule has 1 N–H and O–H groups in total. The number of ether oxygens (including phenoxy) is 2. The zero-order valence-corrected chi connectivity index (χ0v) is 13.8. The van der Waals surface area contributed by atoms with E-state index >= 15 is 0 Å². The molecule has 24 heavy (non-hydrogen) atoms. The first-order chi connectivity index (χ1) is 11.4. The Hall–Kier alpha value is -2.03. The van der Waals surface area contributed by atoms with E-state index in [0.29, 0.717) is 16.8 Å². The molecule has 0 saturated heterocycles. The molecule has 0 saturated carbocycles. The lowest BCUT2D eigenvalue weighted by molar-refractivity contribution is -0.274. The van der Waals surface area contributed by atoms with Crippen molar-refractivity contribution in [3.8, 4) is 5.75 Å². The number of nitrogens with zero attached hydrogens (tertiary/aromatic N) is 1. The molecule has 132 valence electrons. The second-order valence-corrected chi connectivity index (χ2v) is 6.05. The molecule has 1 heterocycles. The number of carbonyl (C=O) groups excluding carboxylic acids is 1. The number of aromatic nitrogens is 1. The molecule has 1 aromatic heterocycles. The largest absolute Gasteiger partial charge is 0.573 e. The molecular weight excluding hydrogens is 345 g/mol. The summed E-state index contributed by atoms with van der Waals surface area (Å²) in [6.07, 6.45) is -1.41. The van der Waals surface area contributed by atoms with E-state index in [1.807, 2.05) is 0 Å². The van der Waals surface area contributed by atoms with Crippen molar-refractivity contribution in [2.45, 2.75) is 39.0 Å². The molecule has 0 fully saturated rings. The Bertz CT molecular complexity index is 688. The van der Waals surface area contributed by atoms with Gasteiger partial charge in [-0.25, -0.2) is 9.78 Å². The third kappa shape index (κ3) is 5.88. The summed E-state index contributed by atoms with van der Waals surface area (Å²) in [5.74, 6) is -0.330. The van der Waals surface area contributed by atoms with Crippen molar-refractivity contribution in [3.63, 3.8) is 0 Å². The van der Waals surface area contributed by atoms with Gasteiger partial charge in [0.25, 0.3) is 0 Å². The summed E-state index contributed by atoms with van der Waals surface area (Å²) < 4.78 is 46.0. The molecule has 1 amide bonds.